The van der Waals surface area contributed by atoms with Crippen LogP contribution < -0.4 is 15.2 Å². The molecule has 6 heteroatoms. The average Bonchev–Trinajstić information content (AvgIpc) is 3.04. The summed E-state index contributed by atoms with van der Waals surface area (Å²) in [6.07, 6.45) is 0. The Hall–Kier alpha value is -3.41. The molecule has 0 radical (unpaired) electrons. The van der Waals surface area contributed by atoms with Crippen LogP contribution in [0.25, 0.3) is 22.5 Å². The lowest BCUT2D eigenvalue weighted by Crippen LogP contribution is -2.04. The van der Waals surface area contributed by atoms with Crippen LogP contribution in [0.15, 0.2) is 52.9 Å². The minimum absolute atomic E-state index is 0.00786. The van der Waals surface area contributed by atoms with Gasteiger partial charge in [-0.05, 0) is 42.0 Å². The molecule has 0 saturated carbocycles. The van der Waals surface area contributed by atoms with Crippen molar-refractivity contribution >= 4 is 11.9 Å². The van der Waals surface area contributed by atoms with Crippen LogP contribution in [0.3, 0.4) is 0 Å². The number of hydrogen-bond acceptors (Lipinski definition) is 6. The number of esters is 1. The van der Waals surface area contributed by atoms with E-state index in [-0.39, 0.29) is 11.4 Å². The molecule has 3 aromatic rings. The van der Waals surface area contributed by atoms with Crippen LogP contribution in [0.2, 0.25) is 0 Å². The number of hydrogen-bond donors (Lipinski definition) is 1. The van der Waals surface area contributed by atoms with E-state index >= 15 is 0 Å². The largest absolute Gasteiger partial charge is 0.497 e. The van der Waals surface area contributed by atoms with Gasteiger partial charge in [0.2, 0.25) is 5.88 Å². The molecule has 0 aliphatic rings. The number of rotatable bonds is 5. The van der Waals surface area contributed by atoms with Gasteiger partial charge in [0.15, 0.2) is 0 Å². The lowest BCUT2D eigenvalue weighted by atomic mass is 9.97. The molecule has 26 heavy (non-hydrogen) atoms. The van der Waals surface area contributed by atoms with Crippen LogP contribution in [-0.4, -0.2) is 27.3 Å². The van der Waals surface area contributed by atoms with Crippen LogP contribution in [0, 0.1) is 0 Å². The summed E-state index contributed by atoms with van der Waals surface area (Å²) in [5.74, 6) is 1.35. The van der Waals surface area contributed by atoms with E-state index in [4.69, 9.17) is 24.4 Å². The third-order valence-corrected chi connectivity index (χ3v) is 4.06. The van der Waals surface area contributed by atoms with Gasteiger partial charge in [-0.1, -0.05) is 12.1 Å². The Labute approximate surface area is 151 Å². The van der Waals surface area contributed by atoms with Gasteiger partial charge in [-0.3, -0.25) is 0 Å². The number of anilines is 1. The summed E-state index contributed by atoms with van der Waals surface area (Å²) in [5.41, 5.74) is 8.28. The first-order chi connectivity index (χ1) is 12.6. The summed E-state index contributed by atoms with van der Waals surface area (Å²) in [6, 6.07) is 14.6. The number of carbonyl (C=O) groups excluding carboxylic acids is 1. The Morgan fingerprint density at radius 2 is 1.35 bits per heavy atom. The van der Waals surface area contributed by atoms with E-state index in [1.165, 1.54) is 7.11 Å². The van der Waals surface area contributed by atoms with E-state index < -0.39 is 5.97 Å². The predicted molar refractivity (Wildman–Crippen MR) is 98.4 cm³/mol. The van der Waals surface area contributed by atoms with E-state index in [2.05, 4.69) is 0 Å². The standard InChI is InChI=1S/C20H19NO5/c1-23-14-8-4-12(5-9-14)16-17(20(22)25-3)19(21)26-18(16)13-6-10-15(24-2)11-7-13/h4-11H,21H2,1-3H3. The third-order valence-electron chi connectivity index (χ3n) is 4.06. The second-order valence-corrected chi connectivity index (χ2v) is 5.49. The van der Waals surface area contributed by atoms with E-state index in [1.54, 1.807) is 26.4 Å². The quantitative estimate of drug-likeness (QED) is 0.698. The van der Waals surface area contributed by atoms with Crippen LogP contribution in [-0.2, 0) is 4.74 Å². The Morgan fingerprint density at radius 1 is 0.846 bits per heavy atom. The maximum Gasteiger partial charge on any atom is 0.344 e. The number of furan rings is 1. The Morgan fingerprint density at radius 3 is 1.81 bits per heavy atom. The molecule has 0 spiro atoms. The highest BCUT2D eigenvalue weighted by molar-refractivity contribution is 6.05. The second-order valence-electron chi connectivity index (χ2n) is 5.49. The summed E-state index contributed by atoms with van der Waals surface area (Å²) < 4.78 is 21.0. The minimum atomic E-state index is -0.558. The average molecular weight is 353 g/mol. The van der Waals surface area contributed by atoms with Gasteiger partial charge in [0.05, 0.1) is 21.3 Å². The highest BCUT2D eigenvalue weighted by Crippen LogP contribution is 2.41. The Kier molecular flexibility index (Phi) is 4.84. The first-order valence-corrected chi connectivity index (χ1v) is 7.88. The smallest absolute Gasteiger partial charge is 0.344 e. The van der Waals surface area contributed by atoms with Crippen molar-refractivity contribution in [2.24, 2.45) is 0 Å². The fraction of sp³-hybridized carbons (Fsp3) is 0.150. The Bertz CT molecular complexity index is 911. The number of methoxy groups -OCH3 is 3. The van der Waals surface area contributed by atoms with Gasteiger partial charge in [0.25, 0.3) is 0 Å². The SMILES string of the molecule is COC(=O)c1c(N)oc(-c2ccc(OC)cc2)c1-c1ccc(OC)cc1. The van der Waals surface area contributed by atoms with Gasteiger partial charge in [-0.25, -0.2) is 4.79 Å². The molecule has 0 unspecified atom stereocenters. The first-order valence-electron chi connectivity index (χ1n) is 7.88. The van der Waals surface area contributed by atoms with Crippen molar-refractivity contribution in [3.8, 4) is 33.9 Å². The fourth-order valence-corrected chi connectivity index (χ4v) is 2.73. The van der Waals surface area contributed by atoms with Crippen LogP contribution in [0.5, 0.6) is 11.5 Å². The summed E-state index contributed by atoms with van der Waals surface area (Å²) in [5, 5.41) is 0. The molecular weight excluding hydrogens is 334 g/mol. The van der Waals surface area contributed by atoms with E-state index in [1.807, 2.05) is 36.4 Å². The third kappa shape index (κ3) is 3.09. The molecule has 134 valence electrons. The molecule has 0 saturated heterocycles. The molecule has 0 aliphatic carbocycles. The number of carbonyl (C=O) groups is 1. The number of nitrogen functional groups attached to an aromatic ring is 1. The van der Waals surface area contributed by atoms with Crippen molar-refractivity contribution in [1.82, 2.24) is 0 Å². The van der Waals surface area contributed by atoms with E-state index in [9.17, 15) is 4.79 Å². The zero-order valence-electron chi connectivity index (χ0n) is 14.7. The Balaban J connectivity index is 2.21. The molecule has 6 nitrogen and oxygen atoms in total. The molecular formula is C20H19NO5. The zero-order chi connectivity index (χ0) is 18.7. The van der Waals surface area contributed by atoms with Gasteiger partial charge in [-0.15, -0.1) is 0 Å². The number of nitrogens with two attached hydrogens (primary N) is 1. The molecule has 1 heterocycles. The maximum absolute atomic E-state index is 12.3. The fourth-order valence-electron chi connectivity index (χ4n) is 2.73. The molecule has 3 rings (SSSR count). The normalized spacial score (nSPS) is 10.4. The molecule has 0 atom stereocenters. The maximum atomic E-state index is 12.3. The molecule has 1 aromatic heterocycles. The van der Waals surface area contributed by atoms with Crippen molar-refractivity contribution < 1.29 is 23.4 Å². The van der Waals surface area contributed by atoms with Gasteiger partial charge >= 0.3 is 5.97 Å². The molecule has 0 bridgehead atoms. The highest BCUT2D eigenvalue weighted by Gasteiger charge is 2.27. The highest BCUT2D eigenvalue weighted by atomic mass is 16.5. The van der Waals surface area contributed by atoms with Crippen LogP contribution in [0.4, 0.5) is 5.88 Å². The van der Waals surface area contributed by atoms with Crippen LogP contribution >= 0.6 is 0 Å². The summed E-state index contributed by atoms with van der Waals surface area (Å²) in [4.78, 5) is 12.3. The van der Waals surface area contributed by atoms with E-state index in [0.717, 1.165) is 11.1 Å². The van der Waals surface area contributed by atoms with Crippen molar-refractivity contribution in [2.75, 3.05) is 27.1 Å². The number of benzene rings is 2. The molecule has 2 aromatic carbocycles. The topological polar surface area (TPSA) is 83.9 Å². The van der Waals surface area contributed by atoms with Crippen LogP contribution in [0.1, 0.15) is 10.4 Å². The minimum Gasteiger partial charge on any atom is -0.497 e. The lowest BCUT2D eigenvalue weighted by molar-refractivity contribution is 0.0602. The molecule has 2 N–H and O–H groups in total. The van der Waals surface area contributed by atoms with Gasteiger partial charge < -0.3 is 24.4 Å². The van der Waals surface area contributed by atoms with Crippen molar-refractivity contribution in [2.45, 2.75) is 0 Å². The summed E-state index contributed by atoms with van der Waals surface area (Å²) >= 11 is 0. The van der Waals surface area contributed by atoms with Crippen molar-refractivity contribution in [1.29, 1.82) is 0 Å². The van der Waals surface area contributed by atoms with E-state index in [0.29, 0.717) is 22.8 Å². The zero-order valence-corrected chi connectivity index (χ0v) is 14.7. The van der Waals surface area contributed by atoms with Crippen molar-refractivity contribution in [3.63, 3.8) is 0 Å². The lowest BCUT2D eigenvalue weighted by Gasteiger charge is -2.07. The first kappa shape index (κ1) is 17.4. The van der Waals surface area contributed by atoms with Crippen molar-refractivity contribution in [3.05, 3.63) is 54.1 Å². The summed E-state index contributed by atoms with van der Waals surface area (Å²) in [7, 11) is 4.49. The van der Waals surface area contributed by atoms with Gasteiger partial charge in [-0.2, -0.15) is 0 Å². The number of ether oxygens (including phenoxy) is 3. The van der Waals surface area contributed by atoms with Gasteiger partial charge in [0.1, 0.15) is 22.8 Å². The molecule has 0 aliphatic heterocycles. The second kappa shape index (κ2) is 7.23. The molecule has 0 amide bonds. The predicted octanol–water partition coefficient (Wildman–Crippen LogP) is 4.00. The summed E-state index contributed by atoms with van der Waals surface area (Å²) in [6.45, 7) is 0. The molecule has 0 fully saturated rings. The monoisotopic (exact) mass is 353 g/mol. The van der Waals surface area contributed by atoms with Gasteiger partial charge in [0, 0.05) is 11.1 Å².